The van der Waals surface area contributed by atoms with E-state index in [4.69, 9.17) is 9.47 Å². The van der Waals surface area contributed by atoms with Crippen molar-refractivity contribution < 1.29 is 19.1 Å². The number of nitrogens with one attached hydrogen (secondary N) is 2. The third-order valence-corrected chi connectivity index (χ3v) is 6.01. The van der Waals surface area contributed by atoms with Crippen molar-refractivity contribution in [1.82, 2.24) is 14.9 Å². The Morgan fingerprint density at radius 1 is 1.12 bits per heavy atom. The predicted molar refractivity (Wildman–Crippen MR) is 122 cm³/mol. The Balaban J connectivity index is 1.30. The van der Waals surface area contributed by atoms with Gasteiger partial charge < -0.3 is 24.7 Å². The van der Waals surface area contributed by atoms with Crippen LogP contribution in [0.15, 0.2) is 60.0 Å². The minimum absolute atomic E-state index is 0.137. The van der Waals surface area contributed by atoms with Crippen molar-refractivity contribution in [3.63, 3.8) is 0 Å². The van der Waals surface area contributed by atoms with E-state index in [0.29, 0.717) is 30.2 Å². The van der Waals surface area contributed by atoms with E-state index in [1.807, 2.05) is 42.9 Å². The number of benzene rings is 2. The maximum absolute atomic E-state index is 12.6. The highest BCUT2D eigenvalue weighted by Crippen LogP contribution is 2.32. The lowest BCUT2D eigenvalue weighted by atomic mass is 10.1. The Morgan fingerprint density at radius 2 is 1.88 bits per heavy atom. The van der Waals surface area contributed by atoms with Gasteiger partial charge in [-0.15, -0.1) is 0 Å². The van der Waals surface area contributed by atoms with Gasteiger partial charge in [0, 0.05) is 30.7 Å². The zero-order chi connectivity index (χ0) is 22.5. The van der Waals surface area contributed by atoms with Crippen LogP contribution in [0.2, 0.25) is 0 Å². The lowest BCUT2D eigenvalue weighted by molar-refractivity contribution is -0.113. The number of aryl methyl sites for hydroxylation is 1. The van der Waals surface area contributed by atoms with Gasteiger partial charge in [0.1, 0.15) is 13.2 Å². The molecule has 0 fully saturated rings. The molecule has 1 atom stereocenters. The largest absolute Gasteiger partial charge is 0.486 e. The average molecular weight is 453 g/mol. The molecule has 1 aliphatic heterocycles. The molecule has 4 rings (SSSR count). The zero-order valence-corrected chi connectivity index (χ0v) is 18.6. The summed E-state index contributed by atoms with van der Waals surface area (Å²) < 4.78 is 13.0. The normalized spacial score (nSPS) is 13.3. The van der Waals surface area contributed by atoms with Gasteiger partial charge in [0.05, 0.1) is 11.8 Å². The molecule has 1 aliphatic rings. The minimum Gasteiger partial charge on any atom is -0.486 e. The van der Waals surface area contributed by atoms with Crippen molar-refractivity contribution in [3.8, 4) is 11.5 Å². The summed E-state index contributed by atoms with van der Waals surface area (Å²) in [5, 5.41) is 6.59. The van der Waals surface area contributed by atoms with Gasteiger partial charge in [-0.2, -0.15) is 0 Å². The Kier molecular flexibility index (Phi) is 6.65. The van der Waals surface area contributed by atoms with Gasteiger partial charge in [-0.3, -0.25) is 9.59 Å². The Labute approximate surface area is 190 Å². The van der Waals surface area contributed by atoms with Crippen LogP contribution in [0.5, 0.6) is 11.5 Å². The topological polar surface area (TPSA) is 94.5 Å². The summed E-state index contributed by atoms with van der Waals surface area (Å²) in [5.74, 6) is 1.32. The smallest absolute Gasteiger partial charge is 0.251 e. The average Bonchev–Trinajstić information content (AvgIpc) is 3.22. The maximum Gasteiger partial charge on any atom is 0.251 e. The van der Waals surface area contributed by atoms with E-state index in [0.717, 1.165) is 16.5 Å². The van der Waals surface area contributed by atoms with Crippen molar-refractivity contribution in [2.75, 3.05) is 24.3 Å². The highest BCUT2D eigenvalue weighted by molar-refractivity contribution is 7.99. The van der Waals surface area contributed by atoms with Crippen molar-refractivity contribution in [1.29, 1.82) is 0 Å². The number of anilines is 1. The van der Waals surface area contributed by atoms with Crippen LogP contribution in [0.1, 0.15) is 28.9 Å². The first-order valence-corrected chi connectivity index (χ1v) is 11.2. The molecule has 166 valence electrons. The molecule has 9 heteroatoms. The van der Waals surface area contributed by atoms with E-state index in [1.165, 1.54) is 11.8 Å². The third-order valence-electron chi connectivity index (χ3n) is 4.95. The summed E-state index contributed by atoms with van der Waals surface area (Å²) in [4.78, 5) is 29.0. The second-order valence-electron chi connectivity index (χ2n) is 7.33. The molecule has 8 nitrogen and oxygen atoms in total. The lowest BCUT2D eigenvalue weighted by Gasteiger charge is -2.21. The van der Waals surface area contributed by atoms with E-state index in [2.05, 4.69) is 15.6 Å². The molecule has 0 bridgehead atoms. The van der Waals surface area contributed by atoms with Crippen LogP contribution in [0.25, 0.3) is 0 Å². The van der Waals surface area contributed by atoms with Crippen LogP contribution in [0.4, 0.5) is 5.69 Å². The molecule has 3 aromatic rings. The number of fused-ring (bicyclic) bond motifs is 1. The number of thioether (sulfide) groups is 1. The summed E-state index contributed by atoms with van der Waals surface area (Å²) in [7, 11) is 1.88. The van der Waals surface area contributed by atoms with Gasteiger partial charge in [-0.25, -0.2) is 4.98 Å². The van der Waals surface area contributed by atoms with Crippen LogP contribution < -0.4 is 20.1 Å². The number of amides is 2. The third kappa shape index (κ3) is 5.23. The predicted octanol–water partition coefficient (Wildman–Crippen LogP) is 3.41. The van der Waals surface area contributed by atoms with Crippen molar-refractivity contribution in [3.05, 3.63) is 66.0 Å². The van der Waals surface area contributed by atoms with Gasteiger partial charge in [-0.1, -0.05) is 17.8 Å². The fourth-order valence-electron chi connectivity index (χ4n) is 3.22. The Hall–Kier alpha value is -3.46. The zero-order valence-electron chi connectivity index (χ0n) is 17.8. The van der Waals surface area contributed by atoms with E-state index in [1.54, 1.807) is 30.5 Å². The van der Waals surface area contributed by atoms with Crippen LogP contribution in [-0.2, 0) is 11.8 Å². The standard InChI is InChI=1S/C23H24N4O4S/c1-15(17-5-8-19-20(13-17)31-12-11-30-19)25-22(29)16-3-6-18(7-4-16)26-21(28)14-32-23-24-9-10-27(23)2/h3-10,13,15H,11-12,14H2,1-2H3,(H,25,29)(H,26,28)/t15-/m0/s1. The van der Waals surface area contributed by atoms with Crippen molar-refractivity contribution in [2.24, 2.45) is 7.05 Å². The quantitative estimate of drug-likeness (QED) is 0.534. The number of nitrogens with zero attached hydrogens (tertiary/aromatic N) is 2. The van der Waals surface area contributed by atoms with E-state index in [-0.39, 0.29) is 23.6 Å². The van der Waals surface area contributed by atoms with Gasteiger partial charge in [0.15, 0.2) is 16.7 Å². The first-order chi connectivity index (χ1) is 15.5. The number of aromatic nitrogens is 2. The fourth-order valence-corrected chi connectivity index (χ4v) is 3.95. The molecule has 0 saturated carbocycles. The second kappa shape index (κ2) is 9.78. The summed E-state index contributed by atoms with van der Waals surface area (Å²) >= 11 is 1.36. The number of hydrogen-bond acceptors (Lipinski definition) is 6. The Bertz CT molecular complexity index is 1110. The van der Waals surface area contributed by atoms with E-state index < -0.39 is 0 Å². The highest BCUT2D eigenvalue weighted by Gasteiger charge is 2.16. The van der Waals surface area contributed by atoms with Crippen LogP contribution in [0, 0.1) is 0 Å². The lowest BCUT2D eigenvalue weighted by Crippen LogP contribution is -2.27. The van der Waals surface area contributed by atoms with Crippen molar-refractivity contribution in [2.45, 2.75) is 18.1 Å². The molecule has 2 heterocycles. The first kappa shape index (κ1) is 21.8. The fraction of sp³-hybridized carbons (Fsp3) is 0.261. The molecule has 0 radical (unpaired) electrons. The Morgan fingerprint density at radius 3 is 2.59 bits per heavy atom. The van der Waals surface area contributed by atoms with Gasteiger partial charge in [-0.05, 0) is 48.9 Å². The van der Waals surface area contributed by atoms with Gasteiger partial charge in [0.2, 0.25) is 5.91 Å². The first-order valence-electron chi connectivity index (χ1n) is 10.2. The van der Waals surface area contributed by atoms with E-state index >= 15 is 0 Å². The molecule has 0 spiro atoms. The summed E-state index contributed by atoms with van der Waals surface area (Å²) in [6.07, 6.45) is 3.53. The maximum atomic E-state index is 12.6. The molecule has 0 saturated heterocycles. The van der Waals surface area contributed by atoms with E-state index in [9.17, 15) is 9.59 Å². The highest BCUT2D eigenvalue weighted by atomic mass is 32.2. The number of carbonyl (C=O) groups excluding carboxylic acids is 2. The summed E-state index contributed by atoms with van der Waals surface area (Å²) in [6, 6.07) is 12.3. The molecular weight excluding hydrogens is 428 g/mol. The molecular formula is C23H24N4O4S. The SMILES string of the molecule is C[C@H](NC(=O)c1ccc(NC(=O)CSc2nccn2C)cc1)c1ccc2c(c1)OCCO2. The molecule has 2 amide bonds. The monoisotopic (exact) mass is 452 g/mol. The summed E-state index contributed by atoms with van der Waals surface area (Å²) in [6.45, 7) is 2.97. The molecule has 1 aromatic heterocycles. The minimum atomic E-state index is -0.208. The molecule has 0 aliphatic carbocycles. The van der Waals surface area contributed by atoms with Gasteiger partial charge >= 0.3 is 0 Å². The second-order valence-corrected chi connectivity index (χ2v) is 8.28. The van der Waals surface area contributed by atoms with Crippen LogP contribution >= 0.6 is 11.8 Å². The number of imidazole rings is 1. The number of rotatable bonds is 7. The number of ether oxygens (including phenoxy) is 2. The molecule has 2 N–H and O–H groups in total. The summed E-state index contributed by atoms with van der Waals surface area (Å²) in [5.41, 5.74) is 2.07. The van der Waals surface area contributed by atoms with Crippen LogP contribution in [0.3, 0.4) is 0 Å². The number of hydrogen-bond donors (Lipinski definition) is 2. The number of carbonyl (C=O) groups is 2. The van der Waals surface area contributed by atoms with Crippen LogP contribution in [-0.4, -0.2) is 40.3 Å². The molecule has 0 unspecified atom stereocenters. The van der Waals surface area contributed by atoms with Crippen molar-refractivity contribution >= 4 is 29.3 Å². The van der Waals surface area contributed by atoms with Gasteiger partial charge in [0.25, 0.3) is 5.91 Å². The molecule has 32 heavy (non-hydrogen) atoms. The molecule has 2 aromatic carbocycles.